The molecular formula is C12H13F4NO2. The van der Waals surface area contributed by atoms with Gasteiger partial charge in [0.25, 0.3) is 0 Å². The molecule has 0 fully saturated rings. The van der Waals surface area contributed by atoms with Gasteiger partial charge in [0.15, 0.2) is 0 Å². The molecule has 0 saturated heterocycles. The Bertz CT molecular complexity index is 444. The largest absolute Gasteiger partial charge is 0.468 e. The molecule has 2 N–H and O–H groups in total. The van der Waals surface area contributed by atoms with Gasteiger partial charge in [0.2, 0.25) is 0 Å². The quantitative estimate of drug-likeness (QED) is 0.678. The molecule has 3 nitrogen and oxygen atoms in total. The van der Waals surface area contributed by atoms with E-state index in [1.807, 2.05) is 0 Å². The molecule has 7 heteroatoms. The number of nitrogens with two attached hydrogens (primary N) is 1. The summed E-state index contributed by atoms with van der Waals surface area (Å²) in [5.74, 6) is -1.72. The summed E-state index contributed by atoms with van der Waals surface area (Å²) in [5, 5.41) is 0. The summed E-state index contributed by atoms with van der Waals surface area (Å²) in [4.78, 5) is 11.7. The van der Waals surface area contributed by atoms with Crippen LogP contribution in [0.1, 0.15) is 12.0 Å². The van der Waals surface area contributed by atoms with E-state index in [9.17, 15) is 22.4 Å². The molecule has 106 valence electrons. The number of ether oxygens (including phenoxy) is 1. The molecule has 0 aliphatic heterocycles. The number of alkyl halides is 3. The fourth-order valence-corrected chi connectivity index (χ4v) is 1.87. The molecule has 0 heterocycles. The first kappa shape index (κ1) is 15.4. The van der Waals surface area contributed by atoms with Crippen LogP contribution in [0, 0.1) is 5.82 Å². The van der Waals surface area contributed by atoms with E-state index in [4.69, 9.17) is 5.73 Å². The summed E-state index contributed by atoms with van der Waals surface area (Å²) < 4.78 is 55.2. The molecular weight excluding hydrogens is 266 g/mol. The summed E-state index contributed by atoms with van der Waals surface area (Å²) in [6, 6.07) is 4.15. The molecule has 0 radical (unpaired) electrons. The number of hydrogen-bond donors (Lipinski definition) is 1. The summed E-state index contributed by atoms with van der Waals surface area (Å²) in [7, 11) is 0.979. The highest BCUT2D eigenvalue weighted by Crippen LogP contribution is 2.37. The highest BCUT2D eigenvalue weighted by Gasteiger charge is 2.49. The van der Waals surface area contributed by atoms with E-state index in [2.05, 4.69) is 4.74 Å². The Balaban J connectivity index is 3.31. The van der Waals surface area contributed by atoms with Crippen LogP contribution in [0.2, 0.25) is 0 Å². The Morgan fingerprint density at radius 2 is 1.79 bits per heavy atom. The second-order valence-corrected chi connectivity index (χ2v) is 4.08. The van der Waals surface area contributed by atoms with Gasteiger partial charge in [0, 0.05) is 6.54 Å². The molecule has 19 heavy (non-hydrogen) atoms. The second kappa shape index (κ2) is 5.56. The maximum absolute atomic E-state index is 12.8. The molecule has 1 rings (SSSR count). The van der Waals surface area contributed by atoms with Crippen molar-refractivity contribution in [1.82, 2.24) is 0 Å². The van der Waals surface area contributed by atoms with Gasteiger partial charge < -0.3 is 10.5 Å². The lowest BCUT2D eigenvalue weighted by Gasteiger charge is -2.30. The van der Waals surface area contributed by atoms with Gasteiger partial charge in [-0.25, -0.2) is 4.39 Å². The molecule has 0 amide bonds. The lowest BCUT2D eigenvalue weighted by atomic mass is 9.77. The molecule has 0 aliphatic carbocycles. The van der Waals surface area contributed by atoms with Crippen molar-refractivity contribution < 1.29 is 27.1 Å². The van der Waals surface area contributed by atoms with E-state index in [0.29, 0.717) is 0 Å². The van der Waals surface area contributed by atoms with Crippen LogP contribution in [-0.4, -0.2) is 25.8 Å². The summed E-state index contributed by atoms with van der Waals surface area (Å²) >= 11 is 0. The van der Waals surface area contributed by atoms with Gasteiger partial charge in [-0.05, 0) is 17.7 Å². The van der Waals surface area contributed by atoms with Crippen molar-refractivity contribution >= 4 is 5.97 Å². The number of carbonyl (C=O) groups is 1. The van der Waals surface area contributed by atoms with Crippen molar-refractivity contribution in [2.45, 2.75) is 18.0 Å². The number of rotatable bonds is 4. The minimum atomic E-state index is -4.61. The van der Waals surface area contributed by atoms with Crippen LogP contribution in [0.3, 0.4) is 0 Å². The van der Waals surface area contributed by atoms with Gasteiger partial charge >= 0.3 is 12.1 Å². The van der Waals surface area contributed by atoms with Crippen molar-refractivity contribution in [2.75, 3.05) is 13.7 Å². The normalized spacial score (nSPS) is 14.8. The van der Waals surface area contributed by atoms with Crippen molar-refractivity contribution in [3.05, 3.63) is 35.6 Å². The zero-order valence-corrected chi connectivity index (χ0v) is 10.1. The van der Waals surface area contributed by atoms with Crippen LogP contribution in [0.15, 0.2) is 24.3 Å². The molecule has 0 aromatic heterocycles. The molecule has 1 atom stereocenters. The SMILES string of the molecule is COC(=O)C(CN)(CC(F)(F)F)c1ccc(F)cc1. The maximum Gasteiger partial charge on any atom is 0.390 e. The number of benzene rings is 1. The smallest absolute Gasteiger partial charge is 0.390 e. The van der Waals surface area contributed by atoms with Crippen LogP contribution in [0.25, 0.3) is 0 Å². The predicted octanol–water partition coefficient (Wildman–Crippen LogP) is 2.15. The highest BCUT2D eigenvalue weighted by atomic mass is 19.4. The van der Waals surface area contributed by atoms with E-state index < -0.39 is 36.3 Å². The number of hydrogen-bond acceptors (Lipinski definition) is 3. The van der Waals surface area contributed by atoms with Gasteiger partial charge in [-0.2, -0.15) is 13.2 Å². The van der Waals surface area contributed by atoms with Crippen molar-refractivity contribution in [1.29, 1.82) is 0 Å². The van der Waals surface area contributed by atoms with Crippen molar-refractivity contribution in [2.24, 2.45) is 5.73 Å². The third kappa shape index (κ3) is 3.44. The second-order valence-electron chi connectivity index (χ2n) is 4.08. The van der Waals surface area contributed by atoms with Gasteiger partial charge in [0.05, 0.1) is 13.5 Å². The molecule has 1 aromatic carbocycles. The highest BCUT2D eigenvalue weighted by molar-refractivity contribution is 5.83. The Morgan fingerprint density at radius 1 is 1.26 bits per heavy atom. The van der Waals surface area contributed by atoms with Crippen LogP contribution in [-0.2, 0) is 14.9 Å². The van der Waals surface area contributed by atoms with Gasteiger partial charge in [-0.15, -0.1) is 0 Å². The van der Waals surface area contributed by atoms with Crippen LogP contribution in [0.5, 0.6) is 0 Å². The maximum atomic E-state index is 12.8. The summed E-state index contributed by atoms with van der Waals surface area (Å²) in [6.45, 7) is -0.592. The van der Waals surface area contributed by atoms with Crippen molar-refractivity contribution in [3.8, 4) is 0 Å². The first-order chi connectivity index (χ1) is 8.75. The average Bonchev–Trinajstić information content (AvgIpc) is 2.35. The minimum absolute atomic E-state index is 0.0272. The average molecular weight is 279 g/mol. The Labute approximate surface area is 107 Å². The molecule has 0 bridgehead atoms. The molecule has 1 aromatic rings. The zero-order chi connectivity index (χ0) is 14.7. The van der Waals surface area contributed by atoms with Crippen LogP contribution in [0.4, 0.5) is 17.6 Å². The Hall–Kier alpha value is -1.63. The number of esters is 1. The number of methoxy groups -OCH3 is 1. The topological polar surface area (TPSA) is 52.3 Å². The van der Waals surface area contributed by atoms with E-state index in [-0.39, 0.29) is 5.56 Å². The van der Waals surface area contributed by atoms with E-state index in [0.717, 1.165) is 31.4 Å². The van der Waals surface area contributed by atoms with Gasteiger partial charge in [-0.3, -0.25) is 4.79 Å². The Morgan fingerprint density at radius 3 is 2.16 bits per heavy atom. The third-order valence-corrected chi connectivity index (χ3v) is 2.82. The lowest BCUT2D eigenvalue weighted by Crippen LogP contribution is -2.47. The first-order valence-corrected chi connectivity index (χ1v) is 5.36. The van der Waals surface area contributed by atoms with E-state index >= 15 is 0 Å². The molecule has 0 saturated carbocycles. The third-order valence-electron chi connectivity index (χ3n) is 2.82. The summed E-state index contributed by atoms with van der Waals surface area (Å²) in [5.41, 5.74) is 3.28. The van der Waals surface area contributed by atoms with E-state index in [1.165, 1.54) is 0 Å². The van der Waals surface area contributed by atoms with E-state index in [1.54, 1.807) is 0 Å². The molecule has 0 aliphatic rings. The number of halogens is 4. The lowest BCUT2D eigenvalue weighted by molar-refractivity contribution is -0.169. The number of carbonyl (C=O) groups excluding carboxylic acids is 1. The standard InChI is InChI=1S/C12H13F4NO2/c1-19-10(18)11(7-17,6-12(14,15)16)8-2-4-9(13)5-3-8/h2-5H,6-7,17H2,1H3. The zero-order valence-electron chi connectivity index (χ0n) is 10.1. The fraction of sp³-hybridized carbons (Fsp3) is 0.417. The molecule has 0 spiro atoms. The van der Waals surface area contributed by atoms with Crippen molar-refractivity contribution in [3.63, 3.8) is 0 Å². The Kier molecular flexibility index (Phi) is 4.52. The summed E-state index contributed by atoms with van der Waals surface area (Å²) in [6.07, 6.45) is -6.07. The van der Waals surface area contributed by atoms with Gasteiger partial charge in [0.1, 0.15) is 11.2 Å². The monoisotopic (exact) mass is 279 g/mol. The molecule has 1 unspecified atom stereocenters. The first-order valence-electron chi connectivity index (χ1n) is 5.36. The predicted molar refractivity (Wildman–Crippen MR) is 59.8 cm³/mol. The van der Waals surface area contributed by atoms with Crippen LogP contribution >= 0.6 is 0 Å². The fourth-order valence-electron chi connectivity index (χ4n) is 1.87. The minimum Gasteiger partial charge on any atom is -0.468 e. The van der Waals surface area contributed by atoms with Crippen LogP contribution < -0.4 is 5.73 Å². The van der Waals surface area contributed by atoms with Gasteiger partial charge in [-0.1, -0.05) is 12.1 Å².